The summed E-state index contributed by atoms with van der Waals surface area (Å²) in [6.07, 6.45) is 0.0987. The van der Waals surface area contributed by atoms with Crippen LogP contribution in [0.1, 0.15) is 22.9 Å². The van der Waals surface area contributed by atoms with Crippen molar-refractivity contribution >= 4 is 17.8 Å². The molecule has 0 saturated carbocycles. The molecule has 1 amide bonds. The van der Waals surface area contributed by atoms with E-state index in [0.29, 0.717) is 5.82 Å². The van der Waals surface area contributed by atoms with Crippen LogP contribution in [0.15, 0.2) is 0 Å². The summed E-state index contributed by atoms with van der Waals surface area (Å²) in [6, 6.07) is 0. The first-order valence-electron chi connectivity index (χ1n) is 6.04. The monoisotopic (exact) mass is 282 g/mol. The number of aliphatic carboxylic acids is 2. The van der Waals surface area contributed by atoms with Gasteiger partial charge >= 0.3 is 11.9 Å². The lowest BCUT2D eigenvalue weighted by Crippen LogP contribution is -2.48. The van der Waals surface area contributed by atoms with Gasteiger partial charge in [-0.1, -0.05) is 0 Å². The Balaban J connectivity index is 2.14. The highest BCUT2D eigenvalue weighted by molar-refractivity contribution is 5.91. The molecule has 1 aromatic rings. The number of hydrogen-bond donors (Lipinski definition) is 3. The van der Waals surface area contributed by atoms with Crippen LogP contribution in [0.4, 0.5) is 0 Å². The van der Waals surface area contributed by atoms with Gasteiger partial charge in [-0.15, -0.1) is 5.10 Å². The number of nitrogens with zero attached hydrogens (tertiary/aromatic N) is 3. The molecule has 2 unspecified atom stereocenters. The minimum Gasteiger partial charge on any atom is -0.481 e. The molecule has 0 aliphatic carbocycles. The Hall–Kier alpha value is -2.45. The molecule has 1 aliphatic heterocycles. The highest BCUT2D eigenvalue weighted by atomic mass is 16.4. The van der Waals surface area contributed by atoms with Gasteiger partial charge in [0.1, 0.15) is 5.82 Å². The molecule has 1 fully saturated rings. The van der Waals surface area contributed by atoms with E-state index in [1.165, 1.54) is 4.90 Å². The fourth-order valence-electron chi connectivity index (χ4n) is 2.26. The normalized spacial score (nSPS) is 22.6. The predicted octanol–water partition coefficient (Wildman–Crippen LogP) is -0.639. The van der Waals surface area contributed by atoms with E-state index in [1.807, 2.05) is 0 Å². The number of piperidine rings is 1. The van der Waals surface area contributed by atoms with Crippen LogP contribution < -0.4 is 0 Å². The van der Waals surface area contributed by atoms with Crippen molar-refractivity contribution in [3.05, 3.63) is 11.6 Å². The Morgan fingerprint density at radius 3 is 2.40 bits per heavy atom. The number of aryl methyl sites for hydroxylation is 1. The summed E-state index contributed by atoms with van der Waals surface area (Å²) in [4.78, 5) is 39.4. The minimum atomic E-state index is -1.22. The molecule has 0 bridgehead atoms. The SMILES string of the molecule is Cc1nc(C(=O)N2CCC(C(=O)O)C(C(=O)O)C2)n[nH]1. The fraction of sp³-hybridized carbons (Fsp3) is 0.545. The average Bonchev–Trinajstić information content (AvgIpc) is 2.83. The second-order valence-corrected chi connectivity index (χ2v) is 4.67. The summed E-state index contributed by atoms with van der Waals surface area (Å²) in [6.45, 7) is 1.66. The summed E-state index contributed by atoms with van der Waals surface area (Å²) < 4.78 is 0. The number of amides is 1. The number of nitrogens with one attached hydrogen (secondary N) is 1. The second kappa shape index (κ2) is 5.27. The van der Waals surface area contributed by atoms with Gasteiger partial charge in [0.2, 0.25) is 5.82 Å². The van der Waals surface area contributed by atoms with E-state index in [4.69, 9.17) is 10.2 Å². The lowest BCUT2D eigenvalue weighted by molar-refractivity contribution is -0.156. The third-order valence-corrected chi connectivity index (χ3v) is 3.32. The number of hydrogen-bond acceptors (Lipinski definition) is 5. The Morgan fingerprint density at radius 2 is 1.90 bits per heavy atom. The number of rotatable bonds is 3. The summed E-state index contributed by atoms with van der Waals surface area (Å²) in [5.41, 5.74) is 0. The van der Waals surface area contributed by atoms with Crippen molar-refractivity contribution in [3.63, 3.8) is 0 Å². The third-order valence-electron chi connectivity index (χ3n) is 3.32. The van der Waals surface area contributed by atoms with Gasteiger partial charge in [0, 0.05) is 13.1 Å². The molecule has 20 heavy (non-hydrogen) atoms. The predicted molar refractivity (Wildman–Crippen MR) is 63.9 cm³/mol. The summed E-state index contributed by atoms with van der Waals surface area (Å²) in [7, 11) is 0. The van der Waals surface area contributed by atoms with E-state index in [1.54, 1.807) is 6.92 Å². The Labute approximate surface area is 113 Å². The summed E-state index contributed by atoms with van der Waals surface area (Å²) >= 11 is 0. The van der Waals surface area contributed by atoms with Crippen LogP contribution in [-0.4, -0.2) is 61.2 Å². The van der Waals surface area contributed by atoms with Crippen LogP contribution in [0, 0.1) is 18.8 Å². The van der Waals surface area contributed by atoms with Crippen molar-refractivity contribution < 1.29 is 24.6 Å². The minimum absolute atomic E-state index is 0.0413. The third kappa shape index (κ3) is 2.60. The van der Waals surface area contributed by atoms with Gasteiger partial charge < -0.3 is 15.1 Å². The molecule has 3 N–H and O–H groups in total. The molecular formula is C11H14N4O5. The zero-order valence-electron chi connectivity index (χ0n) is 10.7. The van der Waals surface area contributed by atoms with Gasteiger partial charge in [-0.25, -0.2) is 4.98 Å². The molecule has 0 aromatic carbocycles. The number of H-pyrrole nitrogens is 1. The lowest BCUT2D eigenvalue weighted by atomic mass is 9.85. The van der Waals surface area contributed by atoms with Gasteiger partial charge in [0.25, 0.3) is 5.91 Å². The van der Waals surface area contributed by atoms with E-state index < -0.39 is 29.7 Å². The van der Waals surface area contributed by atoms with Crippen molar-refractivity contribution in [2.45, 2.75) is 13.3 Å². The van der Waals surface area contributed by atoms with E-state index in [-0.39, 0.29) is 25.3 Å². The Bertz CT molecular complexity index is 555. The van der Waals surface area contributed by atoms with Crippen LogP contribution in [0.2, 0.25) is 0 Å². The first-order valence-corrected chi connectivity index (χ1v) is 6.04. The molecule has 2 heterocycles. The maximum absolute atomic E-state index is 12.1. The van der Waals surface area contributed by atoms with Gasteiger partial charge in [0.05, 0.1) is 11.8 Å². The molecule has 1 aliphatic rings. The van der Waals surface area contributed by atoms with Crippen LogP contribution in [0.3, 0.4) is 0 Å². The van der Waals surface area contributed by atoms with Crippen LogP contribution in [-0.2, 0) is 9.59 Å². The largest absolute Gasteiger partial charge is 0.481 e. The van der Waals surface area contributed by atoms with Crippen molar-refractivity contribution in [3.8, 4) is 0 Å². The van der Waals surface area contributed by atoms with E-state index in [2.05, 4.69) is 15.2 Å². The molecule has 9 heteroatoms. The second-order valence-electron chi connectivity index (χ2n) is 4.67. The van der Waals surface area contributed by atoms with Crippen molar-refractivity contribution in [2.75, 3.05) is 13.1 Å². The van der Waals surface area contributed by atoms with Crippen molar-refractivity contribution in [1.29, 1.82) is 0 Å². The van der Waals surface area contributed by atoms with Crippen LogP contribution in [0.25, 0.3) is 0 Å². The number of carboxylic acid groups (broad SMARTS) is 2. The number of carbonyl (C=O) groups excluding carboxylic acids is 1. The number of aromatic nitrogens is 3. The van der Waals surface area contributed by atoms with E-state index >= 15 is 0 Å². The Morgan fingerprint density at radius 1 is 1.25 bits per heavy atom. The zero-order chi connectivity index (χ0) is 14.9. The topological polar surface area (TPSA) is 136 Å². The zero-order valence-corrected chi connectivity index (χ0v) is 10.7. The standard InChI is InChI=1S/C11H14N4O5/c1-5-12-8(14-13-5)9(16)15-3-2-6(10(17)18)7(4-15)11(19)20/h6-7H,2-4H2,1H3,(H,17,18)(H,19,20)(H,12,13,14). The van der Waals surface area contributed by atoms with Crippen LogP contribution >= 0.6 is 0 Å². The number of carboxylic acids is 2. The van der Waals surface area contributed by atoms with Crippen LogP contribution in [0.5, 0.6) is 0 Å². The molecule has 108 valence electrons. The number of likely N-dealkylation sites (tertiary alicyclic amines) is 1. The summed E-state index contributed by atoms with van der Waals surface area (Å²) in [5, 5.41) is 24.4. The lowest BCUT2D eigenvalue weighted by Gasteiger charge is -2.33. The molecule has 1 saturated heterocycles. The summed E-state index contributed by atoms with van der Waals surface area (Å²) in [5.74, 6) is -4.54. The van der Waals surface area contributed by atoms with Gasteiger partial charge in [-0.3, -0.25) is 19.5 Å². The van der Waals surface area contributed by atoms with E-state index in [9.17, 15) is 14.4 Å². The first kappa shape index (κ1) is 14.0. The van der Waals surface area contributed by atoms with Gasteiger partial charge in [-0.2, -0.15) is 0 Å². The smallest absolute Gasteiger partial charge is 0.309 e. The molecule has 2 rings (SSSR count). The molecule has 1 aromatic heterocycles. The first-order chi connectivity index (χ1) is 9.40. The fourth-order valence-corrected chi connectivity index (χ4v) is 2.26. The number of aromatic amines is 1. The molecule has 2 atom stereocenters. The van der Waals surface area contributed by atoms with Crippen molar-refractivity contribution in [1.82, 2.24) is 20.1 Å². The quantitative estimate of drug-likeness (QED) is 0.670. The molecular weight excluding hydrogens is 268 g/mol. The molecule has 0 radical (unpaired) electrons. The Kier molecular flexibility index (Phi) is 3.68. The van der Waals surface area contributed by atoms with Gasteiger partial charge in [0.15, 0.2) is 0 Å². The highest BCUT2D eigenvalue weighted by Crippen LogP contribution is 2.25. The maximum Gasteiger partial charge on any atom is 0.309 e. The molecule has 0 spiro atoms. The van der Waals surface area contributed by atoms with E-state index in [0.717, 1.165) is 0 Å². The average molecular weight is 282 g/mol. The van der Waals surface area contributed by atoms with Gasteiger partial charge in [-0.05, 0) is 13.3 Å². The molecule has 9 nitrogen and oxygen atoms in total. The maximum atomic E-state index is 12.1. The number of carbonyl (C=O) groups is 3. The highest BCUT2D eigenvalue weighted by Gasteiger charge is 2.40. The van der Waals surface area contributed by atoms with Crippen molar-refractivity contribution in [2.24, 2.45) is 11.8 Å².